The number of Topliss-reactive ketones (excluding diaryl/α,β-unsaturated/α-hetero) is 1. The number of benzene rings is 2. The molecule has 0 aliphatic carbocycles. The number of fused-ring (bicyclic) bond motifs is 1. The third-order valence-corrected chi connectivity index (χ3v) is 5.87. The number of ketones is 1. The Balaban J connectivity index is 1.70. The van der Waals surface area contributed by atoms with Gasteiger partial charge in [0.2, 0.25) is 6.79 Å². The molecule has 0 aromatic heterocycles. The molecule has 0 saturated carbocycles. The number of hydrogen-bond acceptors (Lipinski definition) is 6. The molecule has 2 aliphatic rings. The molecule has 4 rings (SSSR count). The standard InChI is InChI=1S/C25H25NO7/c1-15-6-8-16(9-7-15)23(29)21-22(17-10-11-18-19(13-17)33-14-32-18)26(25(31)24(21)30)12-4-2-3-5-20(27)28/h6-11,13,22,29H,2-5,12,14H2,1H3,(H,27,28)/b23-21+. The highest BCUT2D eigenvalue weighted by Crippen LogP contribution is 2.43. The monoisotopic (exact) mass is 451 g/mol. The minimum absolute atomic E-state index is 0.0215. The number of carboxylic acids is 1. The van der Waals surface area contributed by atoms with Gasteiger partial charge in [0.15, 0.2) is 11.5 Å². The predicted octanol–water partition coefficient (Wildman–Crippen LogP) is 3.79. The summed E-state index contributed by atoms with van der Waals surface area (Å²) in [7, 11) is 0. The summed E-state index contributed by atoms with van der Waals surface area (Å²) in [5, 5.41) is 19.9. The maximum absolute atomic E-state index is 13.1. The second kappa shape index (κ2) is 9.36. The Bertz CT molecular complexity index is 1120. The van der Waals surface area contributed by atoms with Crippen LogP contribution in [0.2, 0.25) is 0 Å². The van der Waals surface area contributed by atoms with Gasteiger partial charge in [-0.05, 0) is 37.5 Å². The number of aliphatic hydroxyl groups is 1. The van der Waals surface area contributed by atoms with Crippen LogP contribution in [0.1, 0.15) is 48.4 Å². The number of aliphatic hydroxyl groups excluding tert-OH is 1. The summed E-state index contributed by atoms with van der Waals surface area (Å²) in [6.45, 7) is 2.26. The van der Waals surface area contributed by atoms with Gasteiger partial charge in [-0.2, -0.15) is 0 Å². The van der Waals surface area contributed by atoms with Crippen molar-refractivity contribution < 1.29 is 34.1 Å². The van der Waals surface area contributed by atoms with Crippen molar-refractivity contribution >= 4 is 23.4 Å². The Hall–Kier alpha value is -3.81. The largest absolute Gasteiger partial charge is 0.507 e. The van der Waals surface area contributed by atoms with E-state index >= 15 is 0 Å². The highest BCUT2D eigenvalue weighted by molar-refractivity contribution is 6.46. The lowest BCUT2D eigenvalue weighted by Crippen LogP contribution is -2.30. The predicted molar refractivity (Wildman–Crippen MR) is 119 cm³/mol. The molecule has 2 aromatic rings. The number of carbonyl (C=O) groups is 3. The molecule has 2 aromatic carbocycles. The van der Waals surface area contributed by atoms with Gasteiger partial charge >= 0.3 is 5.97 Å². The molecular formula is C25H25NO7. The summed E-state index contributed by atoms with van der Waals surface area (Å²) < 4.78 is 10.8. The number of hydrogen-bond donors (Lipinski definition) is 2. The fourth-order valence-electron chi connectivity index (χ4n) is 4.14. The van der Waals surface area contributed by atoms with Crippen molar-refractivity contribution in [3.05, 3.63) is 64.7 Å². The lowest BCUT2D eigenvalue weighted by Gasteiger charge is -2.25. The number of rotatable bonds is 8. The van der Waals surface area contributed by atoms with Crippen LogP contribution in [0.3, 0.4) is 0 Å². The number of carbonyl (C=O) groups excluding carboxylic acids is 2. The van der Waals surface area contributed by atoms with Crippen LogP contribution in [0.15, 0.2) is 48.0 Å². The summed E-state index contributed by atoms with van der Waals surface area (Å²) in [5.41, 5.74) is 2.09. The maximum atomic E-state index is 13.1. The van der Waals surface area contributed by atoms with E-state index in [1.54, 1.807) is 30.3 Å². The Morgan fingerprint density at radius 2 is 1.73 bits per heavy atom. The number of nitrogens with zero attached hydrogens (tertiary/aromatic N) is 1. The van der Waals surface area contributed by atoms with Gasteiger partial charge < -0.3 is 24.6 Å². The van der Waals surface area contributed by atoms with E-state index in [2.05, 4.69) is 0 Å². The van der Waals surface area contributed by atoms with Gasteiger partial charge in [0.05, 0.1) is 11.6 Å². The lowest BCUT2D eigenvalue weighted by atomic mass is 9.94. The average molecular weight is 451 g/mol. The van der Waals surface area contributed by atoms with Gasteiger partial charge in [0.1, 0.15) is 5.76 Å². The first kappa shape index (κ1) is 22.4. The van der Waals surface area contributed by atoms with Gasteiger partial charge in [-0.25, -0.2) is 0 Å². The first-order chi connectivity index (χ1) is 15.9. The number of carboxylic acid groups (broad SMARTS) is 1. The summed E-state index contributed by atoms with van der Waals surface area (Å²) in [6.07, 6.45) is 1.67. The van der Waals surface area contributed by atoms with E-state index < -0.39 is 23.7 Å². The van der Waals surface area contributed by atoms with Gasteiger partial charge in [-0.3, -0.25) is 14.4 Å². The third kappa shape index (κ3) is 4.55. The molecule has 172 valence electrons. The number of unbranched alkanes of at least 4 members (excludes halogenated alkanes) is 2. The van der Waals surface area contributed by atoms with Crippen LogP contribution in [-0.2, 0) is 14.4 Å². The van der Waals surface area contributed by atoms with Crippen molar-refractivity contribution in [1.29, 1.82) is 0 Å². The third-order valence-electron chi connectivity index (χ3n) is 5.87. The van der Waals surface area contributed by atoms with Crippen molar-refractivity contribution in [3.63, 3.8) is 0 Å². The molecule has 1 fully saturated rings. The van der Waals surface area contributed by atoms with Crippen molar-refractivity contribution in [1.82, 2.24) is 4.90 Å². The molecule has 0 radical (unpaired) electrons. The molecule has 1 saturated heterocycles. The van der Waals surface area contributed by atoms with Gasteiger partial charge in [-0.1, -0.05) is 42.3 Å². The van der Waals surface area contributed by atoms with Crippen LogP contribution in [0, 0.1) is 6.92 Å². The molecule has 0 spiro atoms. The molecule has 2 aliphatic heterocycles. The normalized spacial score (nSPS) is 18.7. The average Bonchev–Trinajstić information content (AvgIpc) is 3.36. The van der Waals surface area contributed by atoms with Crippen LogP contribution in [0.5, 0.6) is 11.5 Å². The fourth-order valence-corrected chi connectivity index (χ4v) is 4.14. The highest BCUT2D eigenvalue weighted by atomic mass is 16.7. The first-order valence-corrected chi connectivity index (χ1v) is 10.8. The van der Waals surface area contributed by atoms with Crippen LogP contribution in [0.25, 0.3) is 5.76 Å². The minimum atomic E-state index is -0.867. The Kier molecular flexibility index (Phi) is 6.35. The molecule has 2 heterocycles. The zero-order valence-corrected chi connectivity index (χ0v) is 18.2. The molecule has 33 heavy (non-hydrogen) atoms. The molecule has 1 amide bonds. The Morgan fingerprint density at radius 1 is 1.00 bits per heavy atom. The van der Waals surface area contributed by atoms with Gasteiger partial charge in [0, 0.05) is 18.5 Å². The molecule has 1 atom stereocenters. The first-order valence-electron chi connectivity index (χ1n) is 10.8. The molecule has 8 heteroatoms. The second-order valence-corrected chi connectivity index (χ2v) is 8.18. The zero-order valence-electron chi connectivity index (χ0n) is 18.2. The van der Waals surface area contributed by atoms with E-state index in [4.69, 9.17) is 14.6 Å². The number of aliphatic carboxylic acids is 1. The molecule has 8 nitrogen and oxygen atoms in total. The highest BCUT2D eigenvalue weighted by Gasteiger charge is 2.46. The maximum Gasteiger partial charge on any atom is 0.303 e. The Labute approximate surface area is 191 Å². The smallest absolute Gasteiger partial charge is 0.303 e. The summed E-state index contributed by atoms with van der Waals surface area (Å²) >= 11 is 0. The van der Waals surface area contributed by atoms with E-state index in [0.717, 1.165) is 5.56 Å². The fraction of sp³-hybridized carbons (Fsp3) is 0.320. The van der Waals surface area contributed by atoms with E-state index in [-0.39, 0.29) is 31.1 Å². The minimum Gasteiger partial charge on any atom is -0.507 e. The zero-order chi connectivity index (χ0) is 23.5. The van der Waals surface area contributed by atoms with E-state index in [9.17, 15) is 19.5 Å². The lowest BCUT2D eigenvalue weighted by molar-refractivity contribution is -0.140. The topological polar surface area (TPSA) is 113 Å². The quantitative estimate of drug-likeness (QED) is 0.272. The van der Waals surface area contributed by atoms with Crippen molar-refractivity contribution in [2.75, 3.05) is 13.3 Å². The van der Waals surface area contributed by atoms with E-state index in [1.807, 2.05) is 19.1 Å². The summed E-state index contributed by atoms with van der Waals surface area (Å²) in [5.74, 6) is -1.46. The van der Waals surface area contributed by atoms with E-state index in [1.165, 1.54) is 4.90 Å². The van der Waals surface area contributed by atoms with Crippen molar-refractivity contribution in [2.45, 2.75) is 38.6 Å². The number of ether oxygens (including phenoxy) is 2. The number of amides is 1. The molecule has 0 bridgehead atoms. The van der Waals surface area contributed by atoms with Crippen molar-refractivity contribution in [2.24, 2.45) is 0 Å². The summed E-state index contributed by atoms with van der Waals surface area (Å²) in [4.78, 5) is 38.2. The Morgan fingerprint density at radius 3 is 2.45 bits per heavy atom. The van der Waals surface area contributed by atoms with Crippen LogP contribution < -0.4 is 9.47 Å². The molecule has 2 N–H and O–H groups in total. The van der Waals surface area contributed by atoms with E-state index in [0.29, 0.717) is 41.9 Å². The molecular weight excluding hydrogens is 426 g/mol. The SMILES string of the molecule is Cc1ccc(/C(O)=C2\C(=O)C(=O)N(CCCCCC(=O)O)C2c2ccc3c(c2)OCO3)cc1. The van der Waals surface area contributed by atoms with Crippen LogP contribution in [-0.4, -0.2) is 46.1 Å². The van der Waals surface area contributed by atoms with Gasteiger partial charge in [0.25, 0.3) is 11.7 Å². The number of likely N-dealkylation sites (tertiary alicyclic amines) is 1. The van der Waals surface area contributed by atoms with Gasteiger partial charge in [-0.15, -0.1) is 0 Å². The van der Waals surface area contributed by atoms with Crippen LogP contribution >= 0.6 is 0 Å². The number of aryl methyl sites for hydroxylation is 1. The summed E-state index contributed by atoms with van der Waals surface area (Å²) in [6, 6.07) is 11.5. The molecule has 1 unspecified atom stereocenters. The van der Waals surface area contributed by atoms with Crippen LogP contribution in [0.4, 0.5) is 0 Å². The van der Waals surface area contributed by atoms with Crippen molar-refractivity contribution in [3.8, 4) is 11.5 Å². The second-order valence-electron chi connectivity index (χ2n) is 8.18.